The van der Waals surface area contributed by atoms with Gasteiger partial charge in [-0.15, -0.1) is 0 Å². The lowest BCUT2D eigenvalue weighted by molar-refractivity contribution is 0.480. The van der Waals surface area contributed by atoms with Crippen LogP contribution >= 0.6 is 0 Å². The quantitative estimate of drug-likeness (QED) is 0.851. The smallest absolute Gasteiger partial charge is 0.264 e. The molecule has 19 heavy (non-hydrogen) atoms. The summed E-state index contributed by atoms with van der Waals surface area (Å²) >= 11 is 0. The average Bonchev–Trinajstić information content (AvgIpc) is 2.71. The average molecular weight is 281 g/mol. The van der Waals surface area contributed by atoms with Crippen LogP contribution in [-0.2, 0) is 16.5 Å². The Morgan fingerprint density at radius 3 is 2.58 bits per heavy atom. The molecule has 0 aliphatic rings. The SMILES string of the molecule is Cc1oc(-c2ccccc2)nc1CCCS(=O)(=O)O. The van der Waals surface area contributed by atoms with E-state index in [0.717, 1.165) is 11.3 Å². The van der Waals surface area contributed by atoms with E-state index < -0.39 is 10.1 Å². The first-order valence-corrected chi connectivity index (χ1v) is 7.53. The van der Waals surface area contributed by atoms with E-state index in [4.69, 9.17) is 8.97 Å². The first kappa shape index (κ1) is 13.8. The van der Waals surface area contributed by atoms with Gasteiger partial charge < -0.3 is 4.42 Å². The third-order valence-corrected chi connectivity index (χ3v) is 3.53. The first-order chi connectivity index (χ1) is 8.96. The van der Waals surface area contributed by atoms with E-state index in [1.54, 1.807) is 6.92 Å². The van der Waals surface area contributed by atoms with E-state index in [-0.39, 0.29) is 5.75 Å². The van der Waals surface area contributed by atoms with Crippen LogP contribution in [-0.4, -0.2) is 23.7 Å². The van der Waals surface area contributed by atoms with Gasteiger partial charge in [-0.3, -0.25) is 4.55 Å². The van der Waals surface area contributed by atoms with Crippen LogP contribution in [0.2, 0.25) is 0 Å². The summed E-state index contributed by atoms with van der Waals surface area (Å²) in [5, 5.41) is 0. The number of hydrogen-bond donors (Lipinski definition) is 1. The maximum atomic E-state index is 10.6. The highest BCUT2D eigenvalue weighted by Crippen LogP contribution is 2.22. The van der Waals surface area contributed by atoms with Gasteiger partial charge >= 0.3 is 0 Å². The minimum absolute atomic E-state index is 0.264. The Labute approximate surface area is 112 Å². The second kappa shape index (κ2) is 5.54. The zero-order valence-electron chi connectivity index (χ0n) is 10.5. The van der Waals surface area contributed by atoms with Crippen LogP contribution in [0.15, 0.2) is 34.7 Å². The maximum Gasteiger partial charge on any atom is 0.264 e. The van der Waals surface area contributed by atoms with Crippen molar-refractivity contribution in [3.63, 3.8) is 0 Å². The van der Waals surface area contributed by atoms with Gasteiger partial charge in [0.05, 0.1) is 11.4 Å². The minimum Gasteiger partial charge on any atom is -0.441 e. The molecule has 0 saturated heterocycles. The summed E-state index contributed by atoms with van der Waals surface area (Å²) in [5.74, 6) is 0.939. The minimum atomic E-state index is -3.91. The van der Waals surface area contributed by atoms with E-state index in [1.165, 1.54) is 0 Å². The van der Waals surface area contributed by atoms with Crippen molar-refractivity contribution in [3.8, 4) is 11.5 Å². The molecule has 1 N–H and O–H groups in total. The molecule has 0 bridgehead atoms. The number of hydrogen-bond acceptors (Lipinski definition) is 4. The van der Waals surface area contributed by atoms with E-state index in [9.17, 15) is 8.42 Å². The number of aromatic nitrogens is 1. The van der Waals surface area contributed by atoms with Crippen LogP contribution in [0.5, 0.6) is 0 Å². The summed E-state index contributed by atoms with van der Waals surface area (Å²) in [5.41, 5.74) is 1.61. The summed E-state index contributed by atoms with van der Waals surface area (Å²) in [4.78, 5) is 4.36. The fourth-order valence-corrected chi connectivity index (χ4v) is 2.30. The number of nitrogens with zero attached hydrogens (tertiary/aromatic N) is 1. The van der Waals surface area contributed by atoms with Crippen LogP contribution < -0.4 is 0 Å². The van der Waals surface area contributed by atoms with Gasteiger partial charge in [0.2, 0.25) is 5.89 Å². The zero-order chi connectivity index (χ0) is 13.9. The first-order valence-electron chi connectivity index (χ1n) is 5.92. The molecule has 0 unspecified atom stereocenters. The lowest BCUT2D eigenvalue weighted by Gasteiger charge is -1.96. The molecule has 1 heterocycles. The topological polar surface area (TPSA) is 80.4 Å². The molecule has 0 aliphatic carbocycles. The number of benzene rings is 1. The van der Waals surface area contributed by atoms with Crippen LogP contribution in [0.1, 0.15) is 17.9 Å². The van der Waals surface area contributed by atoms with Crippen molar-refractivity contribution in [2.75, 3.05) is 5.75 Å². The Bertz CT molecular complexity index is 647. The van der Waals surface area contributed by atoms with Gasteiger partial charge in [-0.05, 0) is 31.9 Å². The third kappa shape index (κ3) is 3.90. The molecule has 1 aromatic heterocycles. The van der Waals surface area contributed by atoms with Crippen LogP contribution in [0.4, 0.5) is 0 Å². The van der Waals surface area contributed by atoms with E-state index in [1.807, 2.05) is 30.3 Å². The molecule has 0 aliphatic heterocycles. The van der Waals surface area contributed by atoms with Crippen LogP contribution in [0, 0.1) is 6.92 Å². The number of aryl methyl sites for hydroxylation is 2. The zero-order valence-corrected chi connectivity index (χ0v) is 11.4. The Kier molecular flexibility index (Phi) is 4.01. The number of oxazole rings is 1. The van der Waals surface area contributed by atoms with E-state index in [2.05, 4.69) is 4.98 Å². The molecular weight excluding hydrogens is 266 g/mol. The molecule has 2 rings (SSSR count). The fourth-order valence-electron chi connectivity index (χ4n) is 1.79. The lowest BCUT2D eigenvalue weighted by atomic mass is 10.2. The Morgan fingerprint density at radius 1 is 1.26 bits per heavy atom. The third-order valence-electron chi connectivity index (χ3n) is 2.73. The largest absolute Gasteiger partial charge is 0.441 e. The molecule has 0 radical (unpaired) electrons. The van der Waals surface area contributed by atoms with Gasteiger partial charge in [0.25, 0.3) is 10.1 Å². The summed E-state index contributed by atoms with van der Waals surface area (Å²) in [6.07, 6.45) is 0.780. The van der Waals surface area contributed by atoms with Crippen molar-refractivity contribution < 1.29 is 17.4 Å². The normalized spacial score (nSPS) is 11.7. The second-order valence-electron chi connectivity index (χ2n) is 4.28. The molecule has 0 amide bonds. The Balaban J connectivity index is 2.09. The molecular formula is C13H15NO4S. The standard InChI is InChI=1S/C13H15NO4S/c1-10-12(8-5-9-19(15,16)17)14-13(18-10)11-6-3-2-4-7-11/h2-4,6-7H,5,8-9H2,1H3,(H,15,16,17). The molecule has 0 fully saturated rings. The van der Waals surface area contributed by atoms with Crippen molar-refractivity contribution in [3.05, 3.63) is 41.8 Å². The van der Waals surface area contributed by atoms with Gasteiger partial charge in [0.1, 0.15) is 5.76 Å². The molecule has 0 atom stereocenters. The van der Waals surface area contributed by atoms with Crippen molar-refractivity contribution in [1.29, 1.82) is 0 Å². The van der Waals surface area contributed by atoms with Gasteiger partial charge in [-0.25, -0.2) is 4.98 Å². The highest BCUT2D eigenvalue weighted by Gasteiger charge is 2.12. The number of rotatable bonds is 5. The molecule has 2 aromatic rings. The van der Waals surface area contributed by atoms with Crippen molar-refractivity contribution in [2.45, 2.75) is 19.8 Å². The molecule has 0 saturated carbocycles. The Morgan fingerprint density at radius 2 is 1.95 bits per heavy atom. The molecule has 1 aromatic carbocycles. The lowest BCUT2D eigenvalue weighted by Crippen LogP contribution is -2.05. The fraction of sp³-hybridized carbons (Fsp3) is 0.308. The van der Waals surface area contributed by atoms with E-state index in [0.29, 0.717) is 24.5 Å². The van der Waals surface area contributed by atoms with Crippen molar-refractivity contribution >= 4 is 10.1 Å². The van der Waals surface area contributed by atoms with Crippen LogP contribution in [0.25, 0.3) is 11.5 Å². The summed E-state index contributed by atoms with van der Waals surface area (Å²) < 4.78 is 35.5. The van der Waals surface area contributed by atoms with Gasteiger partial charge in [-0.1, -0.05) is 18.2 Å². The summed E-state index contributed by atoms with van der Waals surface area (Å²) in [7, 11) is -3.91. The molecule has 5 nitrogen and oxygen atoms in total. The van der Waals surface area contributed by atoms with Gasteiger partial charge in [0.15, 0.2) is 0 Å². The summed E-state index contributed by atoms with van der Waals surface area (Å²) in [6, 6.07) is 9.49. The molecule has 102 valence electrons. The maximum absolute atomic E-state index is 10.6. The second-order valence-corrected chi connectivity index (χ2v) is 5.85. The predicted octanol–water partition coefficient (Wildman–Crippen LogP) is 2.47. The predicted molar refractivity (Wildman–Crippen MR) is 71.4 cm³/mol. The highest BCUT2D eigenvalue weighted by atomic mass is 32.2. The van der Waals surface area contributed by atoms with Crippen molar-refractivity contribution in [2.24, 2.45) is 0 Å². The van der Waals surface area contributed by atoms with E-state index >= 15 is 0 Å². The van der Waals surface area contributed by atoms with Gasteiger partial charge in [-0.2, -0.15) is 8.42 Å². The highest BCUT2D eigenvalue weighted by molar-refractivity contribution is 7.85. The van der Waals surface area contributed by atoms with Crippen molar-refractivity contribution in [1.82, 2.24) is 4.98 Å². The molecule has 6 heteroatoms. The monoisotopic (exact) mass is 281 g/mol. The van der Waals surface area contributed by atoms with Crippen LogP contribution in [0.3, 0.4) is 0 Å². The molecule has 0 spiro atoms. The summed E-state index contributed by atoms with van der Waals surface area (Å²) in [6.45, 7) is 1.79. The van der Waals surface area contributed by atoms with Gasteiger partial charge in [0, 0.05) is 5.56 Å². The Hall–Kier alpha value is -1.66.